The summed E-state index contributed by atoms with van der Waals surface area (Å²) in [6.07, 6.45) is 15.6. The summed E-state index contributed by atoms with van der Waals surface area (Å²) >= 11 is 0. The largest absolute Gasteiger partial charge is 0.390 e. The average molecular weight is 417 g/mol. The zero-order valence-corrected chi connectivity index (χ0v) is 20.6. The molecular weight excluding hydrogens is 368 g/mol. The van der Waals surface area contributed by atoms with Crippen molar-refractivity contribution in [2.45, 2.75) is 117 Å². The van der Waals surface area contributed by atoms with Gasteiger partial charge in [-0.2, -0.15) is 0 Å². The predicted octanol–water partition coefficient (Wildman–Crippen LogP) is 7.37. The number of allylic oxidation sites excluding steroid dienone is 3. The van der Waals surface area contributed by atoms with E-state index in [1.54, 1.807) is 5.57 Å². The van der Waals surface area contributed by atoms with Crippen molar-refractivity contribution in [1.29, 1.82) is 0 Å². The highest BCUT2D eigenvalue weighted by Gasteiger charge is 2.50. The molecule has 0 heterocycles. The third-order valence-corrected chi connectivity index (χ3v) is 8.25. The highest BCUT2D eigenvalue weighted by atomic mass is 16.3. The molecular formula is C28H48O2. The molecule has 0 spiro atoms. The van der Waals surface area contributed by atoms with E-state index in [2.05, 4.69) is 39.5 Å². The fourth-order valence-electron chi connectivity index (χ4n) is 6.39. The maximum absolute atomic E-state index is 10.2. The minimum Gasteiger partial charge on any atom is -0.390 e. The van der Waals surface area contributed by atoms with Crippen molar-refractivity contribution in [3.8, 4) is 0 Å². The SMILES string of the molecule is C=C(/C(=C\C=C1/CCC[C@@]2(C)C1CCC2C(C)CCCC(C)(C)O)CC)[C@@H](O)CC. The van der Waals surface area contributed by atoms with Gasteiger partial charge in [-0.3, -0.25) is 0 Å². The highest BCUT2D eigenvalue weighted by molar-refractivity contribution is 5.36. The van der Waals surface area contributed by atoms with E-state index in [1.165, 1.54) is 44.1 Å². The van der Waals surface area contributed by atoms with Gasteiger partial charge in [0.05, 0.1) is 11.7 Å². The second-order valence-corrected chi connectivity index (χ2v) is 11.0. The monoisotopic (exact) mass is 416 g/mol. The first-order valence-electron chi connectivity index (χ1n) is 12.5. The Morgan fingerprint density at radius 3 is 2.60 bits per heavy atom. The lowest BCUT2D eigenvalue weighted by atomic mass is 9.60. The lowest BCUT2D eigenvalue weighted by Gasteiger charge is -2.44. The molecule has 0 bridgehead atoms. The first kappa shape index (κ1) is 25.4. The molecule has 3 unspecified atom stereocenters. The van der Waals surface area contributed by atoms with E-state index in [1.807, 2.05) is 20.8 Å². The lowest BCUT2D eigenvalue weighted by Crippen LogP contribution is -2.36. The van der Waals surface area contributed by atoms with Crippen LogP contribution in [0.1, 0.15) is 106 Å². The second-order valence-electron chi connectivity index (χ2n) is 11.0. The van der Waals surface area contributed by atoms with Crippen molar-refractivity contribution in [2.24, 2.45) is 23.2 Å². The third kappa shape index (κ3) is 6.10. The van der Waals surface area contributed by atoms with E-state index in [0.29, 0.717) is 11.3 Å². The number of hydrogen-bond acceptors (Lipinski definition) is 2. The fourth-order valence-corrected chi connectivity index (χ4v) is 6.39. The summed E-state index contributed by atoms with van der Waals surface area (Å²) in [5.41, 5.74) is 3.58. The minimum absolute atomic E-state index is 0.415. The van der Waals surface area contributed by atoms with Crippen molar-refractivity contribution < 1.29 is 10.2 Å². The Kier molecular flexibility index (Phi) is 9.01. The molecule has 2 saturated carbocycles. The molecule has 172 valence electrons. The molecule has 2 nitrogen and oxygen atoms in total. The molecule has 2 rings (SSSR count). The molecule has 2 fully saturated rings. The zero-order chi connectivity index (χ0) is 22.5. The minimum atomic E-state index is -0.540. The summed E-state index contributed by atoms with van der Waals surface area (Å²) in [6.45, 7) is 17.2. The molecule has 0 radical (unpaired) electrons. The van der Waals surface area contributed by atoms with Crippen LogP contribution in [0, 0.1) is 23.2 Å². The number of aliphatic hydroxyl groups is 2. The highest BCUT2D eigenvalue weighted by Crippen LogP contribution is 2.59. The Morgan fingerprint density at radius 1 is 1.30 bits per heavy atom. The number of hydrogen-bond donors (Lipinski definition) is 2. The Hall–Kier alpha value is -0.860. The van der Waals surface area contributed by atoms with Gasteiger partial charge >= 0.3 is 0 Å². The Bertz CT molecular complexity index is 636. The normalized spacial score (nSPS) is 30.9. The van der Waals surface area contributed by atoms with Gasteiger partial charge in [-0.25, -0.2) is 0 Å². The van der Waals surface area contributed by atoms with Gasteiger partial charge in [0.25, 0.3) is 0 Å². The van der Waals surface area contributed by atoms with Gasteiger partial charge in [-0.05, 0) is 99.5 Å². The molecule has 0 saturated heterocycles. The van der Waals surface area contributed by atoms with E-state index in [9.17, 15) is 10.2 Å². The van der Waals surface area contributed by atoms with Crippen LogP contribution in [0.3, 0.4) is 0 Å². The average Bonchev–Trinajstić information content (AvgIpc) is 3.04. The summed E-state index contributed by atoms with van der Waals surface area (Å²) in [4.78, 5) is 0. The molecule has 2 N–H and O–H groups in total. The van der Waals surface area contributed by atoms with Crippen LogP contribution in [0.15, 0.2) is 35.5 Å². The molecule has 30 heavy (non-hydrogen) atoms. The van der Waals surface area contributed by atoms with Crippen molar-refractivity contribution in [1.82, 2.24) is 0 Å². The molecule has 5 atom stereocenters. The van der Waals surface area contributed by atoms with E-state index in [4.69, 9.17) is 0 Å². The lowest BCUT2D eigenvalue weighted by molar-refractivity contribution is 0.0596. The van der Waals surface area contributed by atoms with Crippen molar-refractivity contribution in [3.63, 3.8) is 0 Å². The van der Waals surface area contributed by atoms with E-state index in [0.717, 1.165) is 43.1 Å². The third-order valence-electron chi connectivity index (χ3n) is 8.25. The molecule has 2 aliphatic rings. The number of fused-ring (bicyclic) bond motifs is 1. The first-order chi connectivity index (χ1) is 14.0. The van der Waals surface area contributed by atoms with Crippen LogP contribution in [0.2, 0.25) is 0 Å². The molecule has 0 aromatic carbocycles. The molecule has 0 aromatic heterocycles. The quantitative estimate of drug-likeness (QED) is 0.365. The standard InChI is InChI=1S/C28H48O2/c1-8-22(21(4)26(29)9-2)14-15-23-13-11-19-28(7)24(16-17-25(23)28)20(3)12-10-18-27(5,6)30/h14-15,20,24-26,29-30H,4,8-13,16-19H2,1-3,5-7H3/b22-14-,23-15+/t20?,24?,25?,26-,28+/m0/s1. The van der Waals surface area contributed by atoms with Gasteiger partial charge in [0, 0.05) is 0 Å². The van der Waals surface area contributed by atoms with Gasteiger partial charge in [-0.1, -0.05) is 64.8 Å². The molecule has 2 heteroatoms. The molecule has 0 aliphatic heterocycles. The van der Waals surface area contributed by atoms with Gasteiger partial charge in [0.15, 0.2) is 0 Å². The fraction of sp³-hybridized carbons (Fsp3) is 0.786. The van der Waals surface area contributed by atoms with Crippen molar-refractivity contribution in [3.05, 3.63) is 35.5 Å². The van der Waals surface area contributed by atoms with Crippen LogP contribution in [0.4, 0.5) is 0 Å². The molecule has 0 amide bonds. The smallest absolute Gasteiger partial charge is 0.0784 e. The van der Waals surface area contributed by atoms with Gasteiger partial charge < -0.3 is 10.2 Å². The van der Waals surface area contributed by atoms with Crippen molar-refractivity contribution >= 4 is 0 Å². The predicted molar refractivity (Wildman–Crippen MR) is 129 cm³/mol. The summed E-state index contributed by atoms with van der Waals surface area (Å²) in [7, 11) is 0. The van der Waals surface area contributed by atoms with E-state index < -0.39 is 11.7 Å². The summed E-state index contributed by atoms with van der Waals surface area (Å²) in [5.74, 6) is 2.22. The summed E-state index contributed by atoms with van der Waals surface area (Å²) < 4.78 is 0. The van der Waals surface area contributed by atoms with E-state index in [-0.39, 0.29) is 0 Å². The van der Waals surface area contributed by atoms with E-state index >= 15 is 0 Å². The Balaban J connectivity index is 2.12. The first-order valence-corrected chi connectivity index (χ1v) is 12.5. The Morgan fingerprint density at radius 2 is 2.00 bits per heavy atom. The molecule has 2 aliphatic carbocycles. The van der Waals surface area contributed by atoms with Gasteiger partial charge in [0.1, 0.15) is 0 Å². The topological polar surface area (TPSA) is 40.5 Å². The van der Waals surface area contributed by atoms with Crippen molar-refractivity contribution in [2.75, 3.05) is 0 Å². The van der Waals surface area contributed by atoms with Crippen LogP contribution in [-0.4, -0.2) is 21.9 Å². The number of aliphatic hydroxyl groups excluding tert-OH is 1. The Labute approximate surface area is 186 Å². The van der Waals surface area contributed by atoms with Gasteiger partial charge in [0.2, 0.25) is 0 Å². The van der Waals surface area contributed by atoms with Crippen LogP contribution in [-0.2, 0) is 0 Å². The maximum Gasteiger partial charge on any atom is 0.0784 e. The molecule has 0 aromatic rings. The van der Waals surface area contributed by atoms with Gasteiger partial charge in [-0.15, -0.1) is 0 Å². The summed E-state index contributed by atoms with van der Waals surface area (Å²) in [5, 5.41) is 20.2. The van der Waals surface area contributed by atoms with Crippen LogP contribution in [0.25, 0.3) is 0 Å². The second kappa shape index (κ2) is 10.6. The maximum atomic E-state index is 10.2. The van der Waals surface area contributed by atoms with Crippen LogP contribution < -0.4 is 0 Å². The van der Waals surface area contributed by atoms with Crippen LogP contribution >= 0.6 is 0 Å². The number of rotatable bonds is 10. The van der Waals surface area contributed by atoms with Crippen LogP contribution in [0.5, 0.6) is 0 Å². The summed E-state index contributed by atoms with van der Waals surface area (Å²) in [6, 6.07) is 0. The zero-order valence-electron chi connectivity index (χ0n) is 20.6.